The molecule has 0 fully saturated rings. The summed E-state index contributed by atoms with van der Waals surface area (Å²) in [7, 11) is -1.44. The van der Waals surface area contributed by atoms with Crippen LogP contribution in [-0.4, -0.2) is 27.7 Å². The molecule has 0 aliphatic rings. The summed E-state index contributed by atoms with van der Waals surface area (Å²) >= 11 is 0. The van der Waals surface area contributed by atoms with Crippen LogP contribution in [-0.2, 0) is 22.9 Å². The molecule has 2 N–H and O–H groups in total. The predicted octanol–water partition coefficient (Wildman–Crippen LogP) is 2.57. The summed E-state index contributed by atoms with van der Waals surface area (Å²) in [5.41, 5.74) is 2.16. The van der Waals surface area contributed by atoms with Crippen molar-refractivity contribution in [1.82, 2.24) is 10.6 Å². The van der Waals surface area contributed by atoms with Gasteiger partial charge in [-0.2, -0.15) is 0 Å². The van der Waals surface area contributed by atoms with Gasteiger partial charge in [0.1, 0.15) is 0 Å². The summed E-state index contributed by atoms with van der Waals surface area (Å²) < 4.78 is 22.9. The zero-order valence-electron chi connectivity index (χ0n) is 13.7. The second-order valence-corrected chi connectivity index (χ2v) is 7.20. The van der Waals surface area contributed by atoms with E-state index in [1.165, 1.54) is 11.8 Å². The third-order valence-corrected chi connectivity index (χ3v) is 4.47. The number of hydrogen-bond donors (Lipinski definition) is 2. The lowest BCUT2D eigenvalue weighted by Gasteiger charge is -2.12. The Kier molecular flexibility index (Phi) is 8.20. The lowest BCUT2D eigenvalue weighted by Crippen LogP contribution is -2.36. The third-order valence-electron chi connectivity index (χ3n) is 3.34. The molecule has 0 atom stereocenters. The van der Waals surface area contributed by atoms with E-state index in [0.717, 1.165) is 5.56 Å². The van der Waals surface area contributed by atoms with Crippen molar-refractivity contribution in [3.8, 4) is 0 Å². The Hall–Kier alpha value is -1.61. The van der Waals surface area contributed by atoms with Crippen molar-refractivity contribution in [2.45, 2.75) is 18.0 Å². The van der Waals surface area contributed by atoms with E-state index >= 15 is 0 Å². The molecule has 0 heterocycles. The highest BCUT2D eigenvalue weighted by Crippen LogP contribution is 2.10. The average Bonchev–Trinajstić information content (AvgIpc) is 2.55. The summed E-state index contributed by atoms with van der Waals surface area (Å²) in [6.45, 7) is 1.26. The minimum atomic E-state index is -3.15. The number of nitrogens with one attached hydrogen (secondary N) is 2. The van der Waals surface area contributed by atoms with Crippen LogP contribution in [0.1, 0.15) is 11.1 Å². The Labute approximate surface area is 160 Å². The number of benzene rings is 2. The van der Waals surface area contributed by atoms with Crippen LogP contribution >= 0.6 is 24.0 Å². The van der Waals surface area contributed by atoms with E-state index in [2.05, 4.69) is 15.6 Å². The van der Waals surface area contributed by atoms with Gasteiger partial charge in [0.15, 0.2) is 15.8 Å². The fourth-order valence-corrected chi connectivity index (χ4v) is 2.67. The zero-order chi connectivity index (χ0) is 16.7. The molecule has 0 aliphatic heterocycles. The monoisotopic (exact) mass is 459 g/mol. The molecule has 130 valence electrons. The maximum Gasteiger partial charge on any atom is 0.191 e. The molecule has 2 aromatic rings. The van der Waals surface area contributed by atoms with Crippen LogP contribution in [0.15, 0.2) is 64.5 Å². The van der Waals surface area contributed by atoms with Crippen molar-refractivity contribution in [3.05, 3.63) is 65.7 Å². The number of hydrogen-bond acceptors (Lipinski definition) is 3. The summed E-state index contributed by atoms with van der Waals surface area (Å²) in [4.78, 5) is 4.50. The predicted molar refractivity (Wildman–Crippen MR) is 108 cm³/mol. The second-order valence-electron chi connectivity index (χ2n) is 5.18. The van der Waals surface area contributed by atoms with E-state index in [4.69, 9.17) is 0 Å². The summed E-state index contributed by atoms with van der Waals surface area (Å²) in [5, 5.41) is 6.44. The molecule has 0 saturated carbocycles. The molecule has 7 heteroatoms. The molecule has 0 amide bonds. The third kappa shape index (κ3) is 6.48. The van der Waals surface area contributed by atoms with E-state index in [9.17, 15) is 8.42 Å². The smallest absolute Gasteiger partial charge is 0.191 e. The molecule has 0 spiro atoms. The first-order valence-corrected chi connectivity index (χ1v) is 9.15. The maximum atomic E-state index is 11.4. The second kappa shape index (κ2) is 9.63. The van der Waals surface area contributed by atoms with E-state index in [1.807, 2.05) is 30.3 Å². The molecular formula is C17H22IN3O2S. The first-order valence-electron chi connectivity index (χ1n) is 7.26. The van der Waals surface area contributed by atoms with Gasteiger partial charge in [0.2, 0.25) is 0 Å². The van der Waals surface area contributed by atoms with Crippen molar-refractivity contribution in [3.63, 3.8) is 0 Å². The number of aliphatic imine (C=N–C) groups is 1. The van der Waals surface area contributed by atoms with E-state index in [-0.39, 0.29) is 24.0 Å². The van der Waals surface area contributed by atoms with Crippen molar-refractivity contribution >= 4 is 39.8 Å². The van der Waals surface area contributed by atoms with E-state index in [1.54, 1.807) is 31.3 Å². The van der Waals surface area contributed by atoms with Gasteiger partial charge in [-0.3, -0.25) is 4.99 Å². The lowest BCUT2D eigenvalue weighted by atomic mass is 10.2. The van der Waals surface area contributed by atoms with Gasteiger partial charge in [-0.1, -0.05) is 42.5 Å². The molecule has 0 saturated heterocycles. The van der Waals surface area contributed by atoms with Crippen molar-refractivity contribution < 1.29 is 8.42 Å². The van der Waals surface area contributed by atoms with Crippen LogP contribution in [0.2, 0.25) is 0 Å². The number of guanidine groups is 1. The molecule has 24 heavy (non-hydrogen) atoms. The Morgan fingerprint density at radius 2 is 1.42 bits per heavy atom. The normalized spacial score (nSPS) is 11.5. The topological polar surface area (TPSA) is 70.6 Å². The average molecular weight is 459 g/mol. The van der Waals surface area contributed by atoms with E-state index < -0.39 is 9.84 Å². The highest BCUT2D eigenvalue weighted by Gasteiger charge is 2.06. The first kappa shape index (κ1) is 20.4. The fourth-order valence-electron chi connectivity index (χ4n) is 2.04. The SMILES string of the molecule is CN=C(NCc1ccccc1)NCc1ccc(S(C)(=O)=O)cc1.I. The van der Waals surface area contributed by atoms with Gasteiger partial charge in [-0.05, 0) is 23.3 Å². The summed E-state index contributed by atoms with van der Waals surface area (Å²) in [5.74, 6) is 0.695. The Morgan fingerprint density at radius 3 is 1.88 bits per heavy atom. The van der Waals surface area contributed by atoms with Crippen LogP contribution < -0.4 is 10.6 Å². The van der Waals surface area contributed by atoms with Gasteiger partial charge in [0.05, 0.1) is 4.90 Å². The van der Waals surface area contributed by atoms with Gasteiger partial charge < -0.3 is 10.6 Å². The molecule has 0 aromatic heterocycles. The standard InChI is InChI=1S/C17H21N3O2S.HI/c1-18-17(19-12-14-6-4-3-5-7-14)20-13-15-8-10-16(11-9-15)23(2,21)22;/h3-11H,12-13H2,1-2H3,(H2,18,19,20);1H. The molecule has 2 aromatic carbocycles. The molecule has 0 aliphatic carbocycles. The van der Waals surface area contributed by atoms with Gasteiger partial charge in [0, 0.05) is 26.4 Å². The Balaban J connectivity index is 0.00000288. The first-order chi connectivity index (χ1) is 11.0. The van der Waals surface area contributed by atoms with Crippen LogP contribution in [0.25, 0.3) is 0 Å². The minimum Gasteiger partial charge on any atom is -0.352 e. The highest BCUT2D eigenvalue weighted by molar-refractivity contribution is 14.0. The number of halogens is 1. The quantitative estimate of drug-likeness (QED) is 0.410. The molecule has 2 rings (SSSR count). The van der Waals surface area contributed by atoms with Crippen LogP contribution in [0, 0.1) is 0 Å². The van der Waals surface area contributed by atoms with Gasteiger partial charge >= 0.3 is 0 Å². The zero-order valence-corrected chi connectivity index (χ0v) is 16.8. The number of nitrogens with zero attached hydrogens (tertiary/aromatic N) is 1. The molecule has 0 unspecified atom stereocenters. The molecule has 0 bridgehead atoms. The molecular weight excluding hydrogens is 437 g/mol. The van der Waals surface area contributed by atoms with Gasteiger partial charge in [-0.15, -0.1) is 24.0 Å². The summed E-state index contributed by atoms with van der Waals surface area (Å²) in [6, 6.07) is 16.9. The highest BCUT2D eigenvalue weighted by atomic mass is 127. The van der Waals surface area contributed by atoms with E-state index in [0.29, 0.717) is 23.9 Å². The Bertz CT molecular complexity index is 760. The number of rotatable bonds is 5. The number of sulfone groups is 1. The largest absolute Gasteiger partial charge is 0.352 e. The summed E-state index contributed by atoms with van der Waals surface area (Å²) in [6.07, 6.45) is 1.20. The van der Waals surface area contributed by atoms with Crippen molar-refractivity contribution in [1.29, 1.82) is 0 Å². The molecule has 0 radical (unpaired) electrons. The van der Waals surface area contributed by atoms with Crippen molar-refractivity contribution in [2.24, 2.45) is 4.99 Å². The van der Waals surface area contributed by atoms with Gasteiger partial charge in [0.25, 0.3) is 0 Å². The maximum absolute atomic E-state index is 11.4. The Morgan fingerprint density at radius 1 is 0.917 bits per heavy atom. The molecule has 5 nitrogen and oxygen atoms in total. The van der Waals surface area contributed by atoms with Crippen LogP contribution in [0.4, 0.5) is 0 Å². The fraction of sp³-hybridized carbons (Fsp3) is 0.235. The van der Waals surface area contributed by atoms with Crippen molar-refractivity contribution in [2.75, 3.05) is 13.3 Å². The van der Waals surface area contributed by atoms with Gasteiger partial charge in [-0.25, -0.2) is 8.42 Å². The lowest BCUT2D eigenvalue weighted by molar-refractivity contribution is 0.602. The minimum absolute atomic E-state index is 0. The van der Waals surface area contributed by atoms with Crippen LogP contribution in [0.5, 0.6) is 0 Å². The van der Waals surface area contributed by atoms with Crippen LogP contribution in [0.3, 0.4) is 0 Å².